The van der Waals surface area contributed by atoms with Crippen molar-refractivity contribution in [3.05, 3.63) is 0 Å². The number of hydrogen-bond acceptors (Lipinski definition) is 4. The molecule has 0 bridgehead atoms. The number of carbonyl (C=O) groups is 2. The molecule has 0 aromatic carbocycles. The van der Waals surface area contributed by atoms with Gasteiger partial charge in [0, 0.05) is 11.6 Å². The normalized spacial score (nSPS) is 11.1. The van der Waals surface area contributed by atoms with Crippen molar-refractivity contribution in [3.8, 4) is 0 Å². The van der Waals surface area contributed by atoms with Crippen LogP contribution in [0.3, 0.4) is 0 Å². The van der Waals surface area contributed by atoms with Gasteiger partial charge in [0.2, 0.25) is 0 Å². The molecule has 0 aromatic heterocycles. The molecular formula is C7H15ClN2O4. The van der Waals surface area contributed by atoms with Crippen LogP contribution < -0.4 is 11.5 Å². The van der Waals surface area contributed by atoms with E-state index in [-0.39, 0.29) is 0 Å². The minimum atomic E-state index is -1.36. The standard InChI is InChI=1S/C6H14N2O2.CHClO2/c7-4-2-1-3-5(8)6(9)10;2-1(3)4/h5H,1-4,7-8H2,(H,9,10);(H,3,4). The van der Waals surface area contributed by atoms with E-state index in [1.807, 2.05) is 0 Å². The van der Waals surface area contributed by atoms with E-state index in [9.17, 15) is 4.79 Å². The molecule has 84 valence electrons. The van der Waals surface area contributed by atoms with Gasteiger partial charge in [0.15, 0.2) is 0 Å². The highest BCUT2D eigenvalue weighted by atomic mass is 35.5. The van der Waals surface area contributed by atoms with Crippen LogP contribution in [0.4, 0.5) is 4.79 Å². The van der Waals surface area contributed by atoms with E-state index in [2.05, 4.69) is 11.6 Å². The van der Waals surface area contributed by atoms with E-state index >= 15 is 0 Å². The van der Waals surface area contributed by atoms with Crippen molar-refractivity contribution in [1.82, 2.24) is 0 Å². The van der Waals surface area contributed by atoms with Gasteiger partial charge in [-0.1, -0.05) is 6.42 Å². The zero-order chi connectivity index (χ0) is 11.6. The van der Waals surface area contributed by atoms with Crippen molar-refractivity contribution in [3.63, 3.8) is 0 Å². The summed E-state index contributed by atoms with van der Waals surface area (Å²) in [6.45, 7) is 0.604. The number of hydrogen-bond donors (Lipinski definition) is 4. The molecule has 1 unspecified atom stereocenters. The average molecular weight is 227 g/mol. The summed E-state index contributed by atoms with van der Waals surface area (Å²) < 4.78 is 0. The smallest absolute Gasteiger partial charge is 0.401 e. The fourth-order valence-corrected chi connectivity index (χ4v) is 0.632. The fourth-order valence-electron chi connectivity index (χ4n) is 0.632. The van der Waals surface area contributed by atoms with E-state index < -0.39 is 17.4 Å². The van der Waals surface area contributed by atoms with Crippen LogP contribution in [0.25, 0.3) is 0 Å². The fraction of sp³-hybridized carbons (Fsp3) is 0.714. The summed E-state index contributed by atoms with van der Waals surface area (Å²) >= 11 is 4.19. The largest absolute Gasteiger partial charge is 0.480 e. The molecule has 0 fully saturated rings. The Hall–Kier alpha value is -0.850. The lowest BCUT2D eigenvalue weighted by Gasteiger charge is -2.03. The van der Waals surface area contributed by atoms with Gasteiger partial charge in [0.1, 0.15) is 6.04 Å². The monoisotopic (exact) mass is 226 g/mol. The summed E-state index contributed by atoms with van der Waals surface area (Å²) in [6, 6.07) is -0.716. The molecule has 6 nitrogen and oxygen atoms in total. The lowest BCUT2D eigenvalue weighted by atomic mass is 10.1. The Balaban J connectivity index is 0. The lowest BCUT2D eigenvalue weighted by Crippen LogP contribution is -2.29. The maximum Gasteiger partial charge on any atom is 0.401 e. The molecule has 0 heterocycles. The first-order valence-corrected chi connectivity index (χ1v) is 4.36. The zero-order valence-electron chi connectivity index (χ0n) is 7.65. The molecule has 0 aromatic rings. The van der Waals surface area contributed by atoms with E-state index in [1.165, 1.54) is 0 Å². The molecule has 0 rings (SSSR count). The third kappa shape index (κ3) is 17.3. The van der Waals surface area contributed by atoms with Crippen LogP contribution in [0.5, 0.6) is 0 Å². The van der Waals surface area contributed by atoms with Gasteiger partial charge in [-0.2, -0.15) is 0 Å². The van der Waals surface area contributed by atoms with Gasteiger partial charge in [-0.25, -0.2) is 4.79 Å². The van der Waals surface area contributed by atoms with Crippen LogP contribution >= 0.6 is 11.6 Å². The zero-order valence-corrected chi connectivity index (χ0v) is 8.41. The van der Waals surface area contributed by atoms with Gasteiger partial charge < -0.3 is 21.7 Å². The molecule has 6 N–H and O–H groups in total. The maximum atomic E-state index is 10.1. The molecule has 0 aliphatic rings. The van der Waals surface area contributed by atoms with Crippen LogP contribution in [0, 0.1) is 0 Å². The molecule has 0 spiro atoms. The predicted octanol–water partition coefficient (Wildman–Crippen LogP) is 0.431. The number of unbranched alkanes of at least 4 members (excludes halogenated alkanes) is 1. The number of nitrogens with two attached hydrogens (primary N) is 2. The Morgan fingerprint density at radius 1 is 1.29 bits per heavy atom. The van der Waals surface area contributed by atoms with Crippen molar-refractivity contribution in [1.29, 1.82) is 0 Å². The van der Waals surface area contributed by atoms with Gasteiger partial charge in [-0.3, -0.25) is 4.79 Å². The molecule has 14 heavy (non-hydrogen) atoms. The second kappa shape index (κ2) is 10.2. The molecule has 0 saturated carbocycles. The van der Waals surface area contributed by atoms with Gasteiger partial charge in [-0.15, -0.1) is 0 Å². The van der Waals surface area contributed by atoms with Crippen molar-refractivity contribution < 1.29 is 19.8 Å². The van der Waals surface area contributed by atoms with Gasteiger partial charge >= 0.3 is 11.4 Å². The van der Waals surface area contributed by atoms with Crippen molar-refractivity contribution in [2.45, 2.75) is 25.3 Å². The molecule has 7 heteroatoms. The number of carboxylic acid groups (broad SMARTS) is 2. The number of rotatable bonds is 5. The number of halogens is 1. The van der Waals surface area contributed by atoms with Crippen LogP contribution in [0.15, 0.2) is 0 Å². The Morgan fingerprint density at radius 2 is 1.71 bits per heavy atom. The summed E-state index contributed by atoms with van der Waals surface area (Å²) in [6.07, 6.45) is 2.16. The SMILES string of the molecule is NCCCCC(N)C(=O)O.O=C(O)Cl. The Kier molecular flexibility index (Phi) is 11.4. The maximum absolute atomic E-state index is 10.1. The third-order valence-corrected chi connectivity index (χ3v) is 1.29. The van der Waals surface area contributed by atoms with E-state index in [1.54, 1.807) is 0 Å². The van der Waals surface area contributed by atoms with Crippen molar-refractivity contribution >= 4 is 23.0 Å². The van der Waals surface area contributed by atoms with Crippen LogP contribution in [0.1, 0.15) is 19.3 Å². The average Bonchev–Trinajstić information content (AvgIpc) is 2.03. The molecule has 0 saturated heterocycles. The second-order valence-corrected chi connectivity index (χ2v) is 2.81. The van der Waals surface area contributed by atoms with Gasteiger partial charge in [-0.05, 0) is 19.4 Å². The number of aliphatic carboxylic acids is 1. The lowest BCUT2D eigenvalue weighted by molar-refractivity contribution is -0.138. The summed E-state index contributed by atoms with van der Waals surface area (Å²) in [5.41, 5.74) is 9.06. The molecular weight excluding hydrogens is 212 g/mol. The van der Waals surface area contributed by atoms with Crippen LogP contribution in [0.2, 0.25) is 0 Å². The summed E-state index contributed by atoms with van der Waals surface area (Å²) in [5.74, 6) is -0.933. The Morgan fingerprint density at radius 3 is 2.00 bits per heavy atom. The quantitative estimate of drug-likeness (QED) is 0.398. The minimum absolute atomic E-state index is 0.520. The van der Waals surface area contributed by atoms with Crippen LogP contribution in [-0.4, -0.2) is 34.2 Å². The van der Waals surface area contributed by atoms with Crippen molar-refractivity contribution in [2.24, 2.45) is 11.5 Å². The molecule has 0 radical (unpaired) electrons. The minimum Gasteiger partial charge on any atom is -0.480 e. The summed E-state index contributed by atoms with van der Waals surface area (Å²) in [7, 11) is 0. The first-order valence-electron chi connectivity index (χ1n) is 3.98. The third-order valence-electron chi connectivity index (χ3n) is 1.29. The second-order valence-electron chi connectivity index (χ2n) is 2.48. The first-order chi connectivity index (χ1) is 6.41. The molecule has 1 atom stereocenters. The Bertz CT molecular complexity index is 173. The molecule has 0 aliphatic carbocycles. The molecule has 0 aliphatic heterocycles. The van der Waals surface area contributed by atoms with Gasteiger partial charge in [0.25, 0.3) is 0 Å². The van der Waals surface area contributed by atoms with Crippen molar-refractivity contribution in [2.75, 3.05) is 6.54 Å². The van der Waals surface area contributed by atoms with E-state index in [0.29, 0.717) is 13.0 Å². The Labute approximate surface area is 86.8 Å². The predicted molar refractivity (Wildman–Crippen MR) is 52.4 cm³/mol. The first kappa shape index (κ1) is 15.6. The van der Waals surface area contributed by atoms with E-state index in [4.69, 9.17) is 26.5 Å². The highest BCUT2D eigenvalue weighted by molar-refractivity contribution is 6.60. The topological polar surface area (TPSA) is 127 Å². The highest BCUT2D eigenvalue weighted by Crippen LogP contribution is 1.96. The van der Waals surface area contributed by atoms with Crippen LogP contribution in [-0.2, 0) is 4.79 Å². The molecule has 0 amide bonds. The number of carboxylic acids is 1. The summed E-state index contributed by atoms with van der Waals surface area (Å²) in [5, 5.41) is 15.5. The highest BCUT2D eigenvalue weighted by Gasteiger charge is 2.09. The van der Waals surface area contributed by atoms with Gasteiger partial charge in [0.05, 0.1) is 0 Å². The summed E-state index contributed by atoms with van der Waals surface area (Å²) in [4.78, 5) is 18.9. The van der Waals surface area contributed by atoms with E-state index in [0.717, 1.165) is 12.8 Å².